The molecule has 1 aliphatic carbocycles. The lowest BCUT2D eigenvalue weighted by molar-refractivity contribution is -0.144. The van der Waals surface area contributed by atoms with Crippen molar-refractivity contribution in [3.05, 3.63) is 29.3 Å². The van der Waals surface area contributed by atoms with Gasteiger partial charge in [0.05, 0.1) is 19.6 Å². The summed E-state index contributed by atoms with van der Waals surface area (Å²) >= 11 is 0. The predicted molar refractivity (Wildman–Crippen MR) is 79.5 cm³/mol. The Labute approximate surface area is 125 Å². The molecule has 5 nitrogen and oxygen atoms in total. The number of aryl methyl sites for hydroxylation is 1. The van der Waals surface area contributed by atoms with Crippen LogP contribution in [-0.2, 0) is 20.7 Å². The van der Waals surface area contributed by atoms with E-state index in [1.807, 2.05) is 12.1 Å². The van der Waals surface area contributed by atoms with Crippen molar-refractivity contribution >= 4 is 5.91 Å². The van der Waals surface area contributed by atoms with E-state index in [1.165, 1.54) is 5.56 Å². The first-order valence-corrected chi connectivity index (χ1v) is 7.08. The molecule has 0 saturated carbocycles. The van der Waals surface area contributed by atoms with Gasteiger partial charge in [-0.1, -0.05) is 6.07 Å². The Hall–Kier alpha value is -1.59. The molecule has 5 heteroatoms. The zero-order chi connectivity index (χ0) is 15.4. The van der Waals surface area contributed by atoms with Gasteiger partial charge < -0.3 is 19.1 Å². The second-order valence-corrected chi connectivity index (χ2v) is 5.28. The smallest absolute Gasteiger partial charge is 0.230 e. The molecule has 1 atom stereocenters. The van der Waals surface area contributed by atoms with Crippen LogP contribution in [0.25, 0.3) is 0 Å². The first-order valence-electron chi connectivity index (χ1n) is 7.08. The summed E-state index contributed by atoms with van der Waals surface area (Å²) < 4.78 is 15.6. The molecule has 0 saturated heterocycles. The molecule has 0 bridgehead atoms. The number of carbonyl (C=O) groups excluding carboxylic acids is 1. The Morgan fingerprint density at radius 3 is 2.67 bits per heavy atom. The standard InChI is InChI=1S/C16H23NO4/c1-17(10-15(20-3)21-4)16(18)13-8-6-11-5-7-12(19-2)9-14(11)13/h5,7,9,13,15H,6,8,10H2,1-4H3. The average Bonchev–Trinajstić information content (AvgIpc) is 2.94. The topological polar surface area (TPSA) is 48.0 Å². The summed E-state index contributed by atoms with van der Waals surface area (Å²) in [4.78, 5) is 14.3. The maximum absolute atomic E-state index is 12.6. The molecule has 1 aromatic carbocycles. The highest BCUT2D eigenvalue weighted by atomic mass is 16.7. The van der Waals surface area contributed by atoms with Crippen molar-refractivity contribution in [1.82, 2.24) is 4.90 Å². The summed E-state index contributed by atoms with van der Waals surface area (Å²) in [6.45, 7) is 0.418. The lowest BCUT2D eigenvalue weighted by Crippen LogP contribution is -2.38. The molecule has 21 heavy (non-hydrogen) atoms. The zero-order valence-electron chi connectivity index (χ0n) is 13.1. The SMILES string of the molecule is COc1ccc2c(c1)C(C(=O)N(C)CC(OC)OC)CC2. The monoisotopic (exact) mass is 293 g/mol. The fourth-order valence-electron chi connectivity index (χ4n) is 2.79. The normalized spacial score (nSPS) is 16.9. The summed E-state index contributed by atoms with van der Waals surface area (Å²) in [5.41, 5.74) is 2.31. The molecule has 0 aliphatic heterocycles. The zero-order valence-corrected chi connectivity index (χ0v) is 13.1. The van der Waals surface area contributed by atoms with Crippen molar-refractivity contribution < 1.29 is 19.0 Å². The molecule has 0 fully saturated rings. The predicted octanol–water partition coefficient (Wildman–Crippen LogP) is 1.80. The van der Waals surface area contributed by atoms with E-state index in [0.717, 1.165) is 24.2 Å². The summed E-state index contributed by atoms with van der Waals surface area (Å²) in [5, 5.41) is 0. The lowest BCUT2D eigenvalue weighted by atomic mass is 9.99. The van der Waals surface area contributed by atoms with Gasteiger partial charge in [-0.25, -0.2) is 0 Å². The van der Waals surface area contributed by atoms with Crippen LogP contribution in [0.3, 0.4) is 0 Å². The second-order valence-electron chi connectivity index (χ2n) is 5.28. The third-order valence-electron chi connectivity index (χ3n) is 4.05. The molecule has 1 aromatic rings. The Kier molecular flexibility index (Phi) is 5.20. The van der Waals surface area contributed by atoms with E-state index in [4.69, 9.17) is 14.2 Å². The number of amides is 1. The average molecular weight is 293 g/mol. The molecular weight excluding hydrogens is 270 g/mol. The van der Waals surface area contributed by atoms with E-state index in [9.17, 15) is 4.79 Å². The van der Waals surface area contributed by atoms with Crippen molar-refractivity contribution in [1.29, 1.82) is 0 Å². The number of rotatable bonds is 6. The molecule has 0 heterocycles. The Morgan fingerprint density at radius 2 is 2.05 bits per heavy atom. The van der Waals surface area contributed by atoms with E-state index < -0.39 is 6.29 Å². The van der Waals surface area contributed by atoms with E-state index >= 15 is 0 Å². The summed E-state index contributed by atoms with van der Waals surface area (Å²) in [6.07, 6.45) is 1.38. The molecule has 0 aromatic heterocycles. The number of methoxy groups -OCH3 is 3. The summed E-state index contributed by atoms with van der Waals surface area (Å²) in [5.74, 6) is 0.790. The molecule has 1 unspecified atom stereocenters. The van der Waals surface area contributed by atoms with E-state index in [-0.39, 0.29) is 11.8 Å². The Balaban J connectivity index is 2.12. The molecule has 1 amide bonds. The van der Waals surface area contributed by atoms with Crippen molar-refractivity contribution in [3.63, 3.8) is 0 Å². The summed E-state index contributed by atoms with van der Waals surface area (Å²) in [6, 6.07) is 5.97. The van der Waals surface area contributed by atoms with Gasteiger partial charge in [0, 0.05) is 21.3 Å². The molecular formula is C16H23NO4. The number of fused-ring (bicyclic) bond motifs is 1. The van der Waals surface area contributed by atoms with E-state index in [2.05, 4.69) is 6.07 Å². The van der Waals surface area contributed by atoms with Crippen LogP contribution in [0.4, 0.5) is 0 Å². The third-order valence-corrected chi connectivity index (χ3v) is 4.05. The van der Waals surface area contributed by atoms with Crippen molar-refractivity contribution in [2.45, 2.75) is 25.0 Å². The van der Waals surface area contributed by atoms with Gasteiger partial charge in [0.2, 0.25) is 5.91 Å². The number of benzene rings is 1. The van der Waals surface area contributed by atoms with Gasteiger partial charge >= 0.3 is 0 Å². The highest BCUT2D eigenvalue weighted by Crippen LogP contribution is 2.36. The van der Waals surface area contributed by atoms with Crippen molar-refractivity contribution in [2.75, 3.05) is 34.9 Å². The number of ether oxygens (including phenoxy) is 3. The molecule has 0 radical (unpaired) electrons. The highest BCUT2D eigenvalue weighted by Gasteiger charge is 2.31. The summed E-state index contributed by atoms with van der Waals surface area (Å²) in [7, 11) is 6.57. The molecule has 116 valence electrons. The second kappa shape index (κ2) is 6.91. The molecule has 0 spiro atoms. The van der Waals surface area contributed by atoms with Gasteiger partial charge in [0.15, 0.2) is 6.29 Å². The minimum Gasteiger partial charge on any atom is -0.497 e. The van der Waals surface area contributed by atoms with Gasteiger partial charge in [-0.15, -0.1) is 0 Å². The fraction of sp³-hybridized carbons (Fsp3) is 0.562. The number of hydrogen-bond acceptors (Lipinski definition) is 4. The third kappa shape index (κ3) is 3.36. The van der Waals surface area contributed by atoms with Crippen LogP contribution < -0.4 is 4.74 Å². The van der Waals surface area contributed by atoms with Crippen molar-refractivity contribution in [3.8, 4) is 5.75 Å². The first-order chi connectivity index (χ1) is 10.1. The van der Waals surface area contributed by atoms with E-state index in [1.54, 1.807) is 33.3 Å². The highest BCUT2D eigenvalue weighted by molar-refractivity contribution is 5.85. The fourth-order valence-corrected chi connectivity index (χ4v) is 2.79. The molecule has 1 aliphatic rings. The van der Waals surface area contributed by atoms with Crippen LogP contribution >= 0.6 is 0 Å². The molecule has 2 rings (SSSR count). The quantitative estimate of drug-likeness (QED) is 0.750. The first kappa shape index (κ1) is 15.8. The largest absolute Gasteiger partial charge is 0.497 e. The van der Waals surface area contributed by atoms with Crippen LogP contribution in [0.1, 0.15) is 23.5 Å². The number of nitrogens with zero attached hydrogens (tertiary/aromatic N) is 1. The maximum atomic E-state index is 12.6. The Morgan fingerprint density at radius 1 is 1.33 bits per heavy atom. The van der Waals surface area contributed by atoms with Gasteiger partial charge in [0.1, 0.15) is 5.75 Å². The number of carbonyl (C=O) groups is 1. The van der Waals surface area contributed by atoms with Crippen LogP contribution in [0, 0.1) is 0 Å². The van der Waals surface area contributed by atoms with Gasteiger partial charge in [0.25, 0.3) is 0 Å². The minimum absolute atomic E-state index is 0.0982. The van der Waals surface area contributed by atoms with Gasteiger partial charge in [-0.3, -0.25) is 4.79 Å². The van der Waals surface area contributed by atoms with Crippen LogP contribution in [0.5, 0.6) is 5.75 Å². The maximum Gasteiger partial charge on any atom is 0.230 e. The van der Waals surface area contributed by atoms with Gasteiger partial charge in [-0.2, -0.15) is 0 Å². The lowest BCUT2D eigenvalue weighted by Gasteiger charge is -2.25. The van der Waals surface area contributed by atoms with Crippen LogP contribution in [0.15, 0.2) is 18.2 Å². The molecule has 0 N–H and O–H groups in total. The minimum atomic E-state index is -0.398. The van der Waals surface area contributed by atoms with Crippen LogP contribution in [-0.4, -0.2) is 52.0 Å². The van der Waals surface area contributed by atoms with Crippen molar-refractivity contribution in [2.24, 2.45) is 0 Å². The number of hydrogen-bond donors (Lipinski definition) is 0. The Bertz CT molecular complexity index is 499. The number of likely N-dealkylation sites (N-methyl/N-ethyl adjacent to an activating group) is 1. The van der Waals surface area contributed by atoms with Crippen LogP contribution in [0.2, 0.25) is 0 Å². The van der Waals surface area contributed by atoms with Gasteiger partial charge in [-0.05, 0) is 36.1 Å². The van der Waals surface area contributed by atoms with E-state index in [0.29, 0.717) is 6.54 Å².